The third-order valence-corrected chi connectivity index (χ3v) is 4.30. The summed E-state index contributed by atoms with van der Waals surface area (Å²) >= 11 is 6.35. The van der Waals surface area contributed by atoms with Gasteiger partial charge in [0, 0.05) is 36.0 Å². The van der Waals surface area contributed by atoms with Gasteiger partial charge in [-0.25, -0.2) is 9.97 Å². The van der Waals surface area contributed by atoms with E-state index in [0.29, 0.717) is 16.4 Å². The SMILES string of the molecule is Cn1cc(-c2ccc(-c3c(Cl)ncc4ccc(C#N)nc34)cc2)cn1. The van der Waals surface area contributed by atoms with E-state index in [4.69, 9.17) is 16.9 Å². The average Bonchev–Trinajstić information content (AvgIpc) is 3.08. The first kappa shape index (κ1) is 15.3. The topological polar surface area (TPSA) is 67.4 Å². The van der Waals surface area contributed by atoms with Gasteiger partial charge in [0.2, 0.25) is 0 Å². The highest BCUT2D eigenvalue weighted by molar-refractivity contribution is 6.33. The van der Waals surface area contributed by atoms with Gasteiger partial charge in [0.15, 0.2) is 0 Å². The van der Waals surface area contributed by atoms with Crippen molar-refractivity contribution < 1.29 is 0 Å². The molecule has 0 aliphatic heterocycles. The van der Waals surface area contributed by atoms with Gasteiger partial charge in [-0.15, -0.1) is 0 Å². The fraction of sp³-hybridized carbons (Fsp3) is 0.0526. The minimum absolute atomic E-state index is 0.350. The van der Waals surface area contributed by atoms with Crippen LogP contribution in [0.15, 0.2) is 55.0 Å². The number of aromatic nitrogens is 4. The van der Waals surface area contributed by atoms with Gasteiger partial charge in [-0.1, -0.05) is 35.9 Å². The van der Waals surface area contributed by atoms with Crippen LogP contribution in [0.5, 0.6) is 0 Å². The Morgan fingerprint density at radius 1 is 1.00 bits per heavy atom. The number of fused-ring (bicyclic) bond motifs is 1. The first-order valence-corrected chi connectivity index (χ1v) is 7.98. The zero-order chi connectivity index (χ0) is 17.4. The lowest BCUT2D eigenvalue weighted by Crippen LogP contribution is -1.92. The van der Waals surface area contributed by atoms with Crippen molar-refractivity contribution in [2.75, 3.05) is 0 Å². The summed E-state index contributed by atoms with van der Waals surface area (Å²) in [6.07, 6.45) is 5.45. The summed E-state index contributed by atoms with van der Waals surface area (Å²) in [5.74, 6) is 0. The van der Waals surface area contributed by atoms with Crippen molar-refractivity contribution in [2.24, 2.45) is 7.05 Å². The fourth-order valence-electron chi connectivity index (χ4n) is 2.78. The highest BCUT2D eigenvalue weighted by atomic mass is 35.5. The Morgan fingerprint density at radius 3 is 2.44 bits per heavy atom. The highest BCUT2D eigenvalue weighted by Gasteiger charge is 2.13. The van der Waals surface area contributed by atoms with Gasteiger partial charge in [-0.05, 0) is 23.3 Å². The number of nitriles is 1. The van der Waals surface area contributed by atoms with Gasteiger partial charge in [0.25, 0.3) is 0 Å². The van der Waals surface area contributed by atoms with Crippen molar-refractivity contribution >= 4 is 22.5 Å². The zero-order valence-corrected chi connectivity index (χ0v) is 14.1. The third kappa shape index (κ3) is 2.73. The van der Waals surface area contributed by atoms with Crippen LogP contribution < -0.4 is 0 Å². The second kappa shape index (κ2) is 6.00. The highest BCUT2D eigenvalue weighted by Crippen LogP contribution is 2.33. The molecule has 1 aromatic carbocycles. The first-order chi connectivity index (χ1) is 12.2. The molecular formula is C19H12ClN5. The largest absolute Gasteiger partial charge is 0.275 e. The standard InChI is InChI=1S/C19H12ClN5/c1-25-11-15(10-23-25)12-2-4-13(5-3-12)17-18-14(9-22-19(17)20)6-7-16(8-21)24-18/h2-7,9-11H,1H3. The average molecular weight is 346 g/mol. The lowest BCUT2D eigenvalue weighted by atomic mass is 10.0. The number of pyridine rings is 2. The van der Waals surface area contributed by atoms with Gasteiger partial charge in [-0.3, -0.25) is 4.68 Å². The molecule has 120 valence electrons. The summed E-state index contributed by atoms with van der Waals surface area (Å²) in [5, 5.41) is 14.5. The lowest BCUT2D eigenvalue weighted by Gasteiger charge is -2.09. The maximum Gasteiger partial charge on any atom is 0.141 e. The molecule has 0 fully saturated rings. The van der Waals surface area contributed by atoms with Crippen LogP contribution in [0.3, 0.4) is 0 Å². The van der Waals surface area contributed by atoms with Crippen molar-refractivity contribution in [2.45, 2.75) is 0 Å². The molecule has 3 heterocycles. The van der Waals surface area contributed by atoms with Crippen LogP contribution in [-0.2, 0) is 7.05 Å². The molecule has 0 saturated heterocycles. The van der Waals surface area contributed by atoms with Crippen molar-refractivity contribution in [3.05, 3.63) is 65.8 Å². The summed E-state index contributed by atoms with van der Waals surface area (Å²) in [7, 11) is 1.89. The van der Waals surface area contributed by atoms with E-state index in [1.165, 1.54) is 0 Å². The molecule has 3 aromatic heterocycles. The maximum absolute atomic E-state index is 9.12. The molecule has 0 radical (unpaired) electrons. The van der Waals surface area contributed by atoms with E-state index in [1.54, 1.807) is 16.9 Å². The summed E-state index contributed by atoms with van der Waals surface area (Å²) in [4.78, 5) is 8.67. The van der Waals surface area contributed by atoms with E-state index < -0.39 is 0 Å². The van der Waals surface area contributed by atoms with E-state index in [0.717, 1.165) is 27.6 Å². The van der Waals surface area contributed by atoms with Crippen LogP contribution in [-0.4, -0.2) is 19.7 Å². The van der Waals surface area contributed by atoms with Crippen LogP contribution in [0.4, 0.5) is 0 Å². The molecule has 25 heavy (non-hydrogen) atoms. The molecular weight excluding hydrogens is 334 g/mol. The van der Waals surface area contributed by atoms with Crippen molar-refractivity contribution in [1.29, 1.82) is 5.26 Å². The second-order valence-electron chi connectivity index (χ2n) is 5.65. The Kier molecular flexibility index (Phi) is 3.68. The van der Waals surface area contributed by atoms with Crippen LogP contribution in [0.1, 0.15) is 5.69 Å². The molecule has 0 spiro atoms. The molecule has 0 saturated carbocycles. The summed E-state index contributed by atoms with van der Waals surface area (Å²) < 4.78 is 1.77. The quantitative estimate of drug-likeness (QED) is 0.510. The lowest BCUT2D eigenvalue weighted by molar-refractivity contribution is 0.768. The number of benzene rings is 1. The van der Waals surface area contributed by atoms with Crippen molar-refractivity contribution in [3.8, 4) is 28.3 Å². The predicted molar refractivity (Wildman–Crippen MR) is 96.9 cm³/mol. The zero-order valence-electron chi connectivity index (χ0n) is 13.3. The summed E-state index contributed by atoms with van der Waals surface area (Å²) in [5.41, 5.74) is 4.76. The van der Waals surface area contributed by atoms with Crippen LogP contribution in [0.2, 0.25) is 5.15 Å². The van der Waals surface area contributed by atoms with E-state index in [2.05, 4.69) is 21.1 Å². The van der Waals surface area contributed by atoms with Gasteiger partial charge in [0.05, 0.1) is 11.7 Å². The van der Waals surface area contributed by atoms with Crippen LogP contribution in [0, 0.1) is 11.3 Å². The van der Waals surface area contributed by atoms with Crippen molar-refractivity contribution in [3.63, 3.8) is 0 Å². The molecule has 4 aromatic rings. The van der Waals surface area contributed by atoms with Crippen LogP contribution >= 0.6 is 11.6 Å². The number of hydrogen-bond donors (Lipinski definition) is 0. The number of hydrogen-bond acceptors (Lipinski definition) is 4. The number of halogens is 1. The number of aryl methyl sites for hydroxylation is 1. The van der Waals surface area contributed by atoms with Gasteiger partial charge in [0.1, 0.15) is 16.9 Å². The van der Waals surface area contributed by atoms with Crippen LogP contribution in [0.25, 0.3) is 33.2 Å². The van der Waals surface area contributed by atoms with E-state index in [1.807, 2.05) is 49.8 Å². The molecule has 0 amide bonds. The molecule has 0 unspecified atom stereocenters. The molecule has 0 N–H and O–H groups in total. The molecule has 4 rings (SSSR count). The van der Waals surface area contributed by atoms with E-state index in [9.17, 15) is 0 Å². The molecule has 6 heteroatoms. The fourth-order valence-corrected chi connectivity index (χ4v) is 3.03. The number of rotatable bonds is 2. The van der Waals surface area contributed by atoms with Gasteiger partial charge < -0.3 is 0 Å². The normalized spacial score (nSPS) is 10.8. The van der Waals surface area contributed by atoms with Crippen molar-refractivity contribution in [1.82, 2.24) is 19.7 Å². The Hall–Kier alpha value is -3.23. The molecule has 0 aliphatic rings. The summed E-state index contributed by atoms with van der Waals surface area (Å²) in [6, 6.07) is 13.5. The second-order valence-corrected chi connectivity index (χ2v) is 6.01. The molecule has 0 bridgehead atoms. The van der Waals surface area contributed by atoms with E-state index >= 15 is 0 Å². The maximum atomic E-state index is 9.12. The van der Waals surface area contributed by atoms with Gasteiger partial charge in [-0.2, -0.15) is 10.4 Å². The Morgan fingerprint density at radius 2 is 1.76 bits per heavy atom. The van der Waals surface area contributed by atoms with Gasteiger partial charge >= 0.3 is 0 Å². The predicted octanol–water partition coefficient (Wildman–Crippen LogP) is 4.22. The number of nitrogens with zero attached hydrogens (tertiary/aromatic N) is 5. The Balaban J connectivity index is 1.86. The minimum atomic E-state index is 0.350. The Labute approximate surface area is 149 Å². The first-order valence-electron chi connectivity index (χ1n) is 7.60. The summed E-state index contributed by atoms with van der Waals surface area (Å²) in [6.45, 7) is 0. The third-order valence-electron chi connectivity index (χ3n) is 4.01. The molecule has 5 nitrogen and oxygen atoms in total. The van der Waals surface area contributed by atoms with E-state index in [-0.39, 0.29) is 0 Å². The Bertz CT molecular complexity index is 1120. The molecule has 0 aliphatic carbocycles. The monoisotopic (exact) mass is 345 g/mol. The smallest absolute Gasteiger partial charge is 0.141 e. The molecule has 0 atom stereocenters. The minimum Gasteiger partial charge on any atom is -0.275 e.